The molecule has 0 radical (unpaired) electrons. The fourth-order valence-corrected chi connectivity index (χ4v) is 2.48. The highest BCUT2D eigenvalue weighted by Gasteiger charge is 2.18. The highest BCUT2D eigenvalue weighted by atomic mass is 79.9. The molecule has 0 fully saturated rings. The molecule has 0 bridgehead atoms. The first-order chi connectivity index (χ1) is 8.73. The zero-order valence-electron chi connectivity index (χ0n) is 11.2. The van der Waals surface area contributed by atoms with Crippen molar-refractivity contribution in [2.75, 3.05) is 11.9 Å². The first-order valence-corrected chi connectivity index (χ1v) is 7.10. The summed E-state index contributed by atoms with van der Waals surface area (Å²) in [5.74, 6) is 0.387. The van der Waals surface area contributed by atoms with Gasteiger partial charge in [0.1, 0.15) is 0 Å². The second-order valence-electron chi connectivity index (χ2n) is 4.91. The van der Waals surface area contributed by atoms with Crippen LogP contribution in [0.4, 0.5) is 5.69 Å². The SMILES string of the molecule is CCOc1c(Br)cc(Cl)cc1NC(=O)CC(C)(C)N. The van der Waals surface area contributed by atoms with E-state index in [0.29, 0.717) is 27.5 Å². The van der Waals surface area contributed by atoms with Crippen molar-refractivity contribution in [1.29, 1.82) is 0 Å². The molecule has 0 saturated carbocycles. The van der Waals surface area contributed by atoms with E-state index < -0.39 is 5.54 Å². The number of amides is 1. The number of hydrogen-bond donors (Lipinski definition) is 2. The second kappa shape index (κ2) is 6.59. The van der Waals surface area contributed by atoms with E-state index >= 15 is 0 Å². The van der Waals surface area contributed by atoms with Crippen LogP contribution in [0.3, 0.4) is 0 Å². The Morgan fingerprint density at radius 2 is 2.16 bits per heavy atom. The largest absolute Gasteiger partial charge is 0.491 e. The van der Waals surface area contributed by atoms with Crippen molar-refractivity contribution in [3.63, 3.8) is 0 Å². The van der Waals surface area contributed by atoms with Crippen molar-refractivity contribution >= 4 is 39.1 Å². The molecule has 1 aromatic rings. The molecule has 0 heterocycles. The second-order valence-corrected chi connectivity index (χ2v) is 6.20. The van der Waals surface area contributed by atoms with Crippen molar-refractivity contribution in [2.45, 2.75) is 32.7 Å². The summed E-state index contributed by atoms with van der Waals surface area (Å²) in [5, 5.41) is 3.29. The van der Waals surface area contributed by atoms with Crippen LogP contribution in [-0.2, 0) is 4.79 Å². The number of nitrogens with two attached hydrogens (primary N) is 1. The number of anilines is 1. The molecule has 0 unspecified atom stereocenters. The third kappa shape index (κ3) is 5.38. The molecule has 4 nitrogen and oxygen atoms in total. The van der Waals surface area contributed by atoms with E-state index in [2.05, 4.69) is 21.2 Å². The Bertz CT molecular complexity index is 472. The highest BCUT2D eigenvalue weighted by molar-refractivity contribution is 9.10. The Morgan fingerprint density at radius 3 is 2.68 bits per heavy atom. The molecular formula is C13H18BrClN2O2. The van der Waals surface area contributed by atoms with E-state index in [4.69, 9.17) is 22.1 Å². The van der Waals surface area contributed by atoms with E-state index in [1.54, 1.807) is 26.0 Å². The molecule has 0 aliphatic carbocycles. The molecule has 0 spiro atoms. The number of carbonyl (C=O) groups is 1. The summed E-state index contributed by atoms with van der Waals surface area (Å²) in [5.41, 5.74) is 5.79. The molecular weight excluding hydrogens is 332 g/mol. The lowest BCUT2D eigenvalue weighted by atomic mass is 10.0. The van der Waals surface area contributed by atoms with E-state index in [0.717, 1.165) is 0 Å². The molecule has 0 saturated heterocycles. The van der Waals surface area contributed by atoms with Crippen molar-refractivity contribution in [2.24, 2.45) is 5.73 Å². The fraction of sp³-hybridized carbons (Fsp3) is 0.462. The molecule has 19 heavy (non-hydrogen) atoms. The summed E-state index contributed by atoms with van der Waals surface area (Å²) in [6, 6.07) is 3.37. The van der Waals surface area contributed by atoms with Crippen LogP contribution in [0.25, 0.3) is 0 Å². The summed E-state index contributed by atoms with van der Waals surface area (Å²) in [4.78, 5) is 11.9. The summed E-state index contributed by atoms with van der Waals surface area (Å²) in [6.45, 7) is 5.95. The molecule has 6 heteroatoms. The lowest BCUT2D eigenvalue weighted by Crippen LogP contribution is -2.36. The van der Waals surface area contributed by atoms with Crippen LogP contribution in [0.15, 0.2) is 16.6 Å². The van der Waals surface area contributed by atoms with Gasteiger partial charge >= 0.3 is 0 Å². The first-order valence-electron chi connectivity index (χ1n) is 5.93. The average molecular weight is 350 g/mol. The molecule has 3 N–H and O–H groups in total. The topological polar surface area (TPSA) is 64.3 Å². The van der Waals surface area contributed by atoms with Gasteiger partial charge in [0.2, 0.25) is 5.91 Å². The van der Waals surface area contributed by atoms with Crippen LogP contribution >= 0.6 is 27.5 Å². The molecule has 1 aromatic carbocycles. The Kier molecular flexibility index (Phi) is 5.64. The van der Waals surface area contributed by atoms with Gasteiger partial charge in [0, 0.05) is 17.0 Å². The fourth-order valence-electron chi connectivity index (χ4n) is 1.55. The quantitative estimate of drug-likeness (QED) is 0.854. The van der Waals surface area contributed by atoms with E-state index in [1.807, 2.05) is 6.92 Å². The normalized spacial score (nSPS) is 11.3. The van der Waals surface area contributed by atoms with Crippen LogP contribution in [0.2, 0.25) is 5.02 Å². The molecule has 106 valence electrons. The Morgan fingerprint density at radius 1 is 1.53 bits per heavy atom. The van der Waals surface area contributed by atoms with Gasteiger partial charge in [-0.1, -0.05) is 11.6 Å². The minimum Gasteiger partial charge on any atom is -0.491 e. The maximum atomic E-state index is 11.9. The molecule has 0 aromatic heterocycles. The standard InChI is InChI=1S/C13H18BrClN2O2/c1-4-19-12-9(14)5-8(15)6-10(12)17-11(18)7-13(2,3)16/h5-6H,4,7,16H2,1-3H3,(H,17,18). The van der Waals surface area contributed by atoms with Crippen LogP contribution in [0, 0.1) is 0 Å². The summed E-state index contributed by atoms with van der Waals surface area (Å²) in [6.07, 6.45) is 0.211. The van der Waals surface area contributed by atoms with Gasteiger partial charge in [0.05, 0.1) is 16.8 Å². The molecule has 1 rings (SSSR count). The minimum absolute atomic E-state index is 0.178. The summed E-state index contributed by atoms with van der Waals surface area (Å²) < 4.78 is 6.20. The van der Waals surface area contributed by atoms with Gasteiger partial charge in [-0.2, -0.15) is 0 Å². The number of nitrogens with one attached hydrogen (secondary N) is 1. The van der Waals surface area contributed by atoms with Crippen molar-refractivity contribution in [3.05, 3.63) is 21.6 Å². The number of rotatable bonds is 5. The van der Waals surface area contributed by atoms with E-state index in [1.165, 1.54) is 0 Å². The lowest BCUT2D eigenvalue weighted by Gasteiger charge is -2.19. The van der Waals surface area contributed by atoms with Crippen LogP contribution < -0.4 is 15.8 Å². The first kappa shape index (κ1) is 16.3. The van der Waals surface area contributed by atoms with Crippen molar-refractivity contribution in [3.8, 4) is 5.75 Å². The van der Waals surface area contributed by atoms with Crippen LogP contribution in [0.5, 0.6) is 5.75 Å². The van der Waals surface area contributed by atoms with Gasteiger partial charge in [0.25, 0.3) is 0 Å². The molecule has 0 atom stereocenters. The highest BCUT2D eigenvalue weighted by Crippen LogP contribution is 2.36. The van der Waals surface area contributed by atoms with Gasteiger partial charge in [-0.15, -0.1) is 0 Å². The summed E-state index contributed by atoms with van der Waals surface area (Å²) >= 11 is 9.34. The monoisotopic (exact) mass is 348 g/mol. The number of halogens is 2. The van der Waals surface area contributed by atoms with E-state index in [9.17, 15) is 4.79 Å². The Labute approximate surface area is 126 Å². The third-order valence-electron chi connectivity index (χ3n) is 2.19. The minimum atomic E-state index is -0.564. The number of ether oxygens (including phenoxy) is 1. The predicted molar refractivity (Wildman–Crippen MR) is 81.8 cm³/mol. The van der Waals surface area contributed by atoms with Crippen LogP contribution in [-0.4, -0.2) is 18.1 Å². The van der Waals surface area contributed by atoms with Gasteiger partial charge in [-0.3, -0.25) is 4.79 Å². The van der Waals surface area contributed by atoms with Crippen molar-refractivity contribution in [1.82, 2.24) is 0 Å². The lowest BCUT2D eigenvalue weighted by molar-refractivity contribution is -0.117. The van der Waals surface area contributed by atoms with Gasteiger partial charge < -0.3 is 15.8 Å². The molecule has 1 amide bonds. The number of benzene rings is 1. The zero-order chi connectivity index (χ0) is 14.6. The van der Waals surface area contributed by atoms with Crippen LogP contribution in [0.1, 0.15) is 27.2 Å². The Balaban J connectivity index is 2.96. The molecule has 0 aliphatic rings. The predicted octanol–water partition coefficient (Wildman–Crippen LogP) is 3.57. The average Bonchev–Trinajstić information content (AvgIpc) is 2.20. The molecule has 0 aliphatic heterocycles. The smallest absolute Gasteiger partial charge is 0.226 e. The summed E-state index contributed by atoms with van der Waals surface area (Å²) in [7, 11) is 0. The Hall–Kier alpha value is -0.780. The third-order valence-corrected chi connectivity index (χ3v) is 2.99. The van der Waals surface area contributed by atoms with Crippen molar-refractivity contribution < 1.29 is 9.53 Å². The maximum absolute atomic E-state index is 11.9. The van der Waals surface area contributed by atoms with Gasteiger partial charge in [0.15, 0.2) is 5.75 Å². The van der Waals surface area contributed by atoms with Gasteiger partial charge in [-0.25, -0.2) is 0 Å². The number of carbonyl (C=O) groups excluding carboxylic acids is 1. The zero-order valence-corrected chi connectivity index (χ0v) is 13.6. The van der Waals surface area contributed by atoms with Gasteiger partial charge in [-0.05, 0) is 48.8 Å². The number of hydrogen-bond acceptors (Lipinski definition) is 3. The van der Waals surface area contributed by atoms with E-state index in [-0.39, 0.29) is 12.3 Å². The maximum Gasteiger partial charge on any atom is 0.226 e.